The van der Waals surface area contributed by atoms with Crippen LogP contribution in [-0.2, 0) is 0 Å². The van der Waals surface area contributed by atoms with Crippen LogP contribution in [0, 0.1) is 0 Å². The van der Waals surface area contributed by atoms with Crippen LogP contribution in [0.4, 0.5) is 5.95 Å². The number of anilines is 1. The van der Waals surface area contributed by atoms with Crippen LogP contribution in [-0.4, -0.2) is 48.1 Å². The van der Waals surface area contributed by atoms with Crippen LogP contribution in [0.2, 0.25) is 5.02 Å². The molecule has 25 heavy (non-hydrogen) atoms. The Hall–Kier alpha value is -2.37. The van der Waals surface area contributed by atoms with Crippen molar-refractivity contribution in [3.8, 4) is 11.6 Å². The smallest absolute Gasteiger partial charge is 0.231 e. The zero-order valence-corrected chi connectivity index (χ0v) is 14.8. The normalized spacial score (nSPS) is 15.5. The maximum absolute atomic E-state index is 6.05. The van der Waals surface area contributed by atoms with Crippen LogP contribution < -0.4 is 9.64 Å². The Morgan fingerprint density at radius 3 is 2.40 bits per heavy atom. The summed E-state index contributed by atoms with van der Waals surface area (Å²) in [5.74, 6) is 2.00. The topological polar surface area (TPSA) is 41.5 Å². The molecule has 1 aliphatic heterocycles. The molecule has 6 heteroatoms. The van der Waals surface area contributed by atoms with Gasteiger partial charge in [-0.15, -0.1) is 0 Å². The molecule has 0 N–H and O–H groups in total. The van der Waals surface area contributed by atoms with Gasteiger partial charge in [-0.2, -0.15) is 4.98 Å². The lowest BCUT2D eigenvalue weighted by molar-refractivity contribution is 0.311. The van der Waals surface area contributed by atoms with Crippen molar-refractivity contribution in [3.05, 3.63) is 53.6 Å². The van der Waals surface area contributed by atoms with Crippen molar-refractivity contribution in [2.45, 2.75) is 0 Å². The van der Waals surface area contributed by atoms with Gasteiger partial charge in [-0.05, 0) is 43.4 Å². The van der Waals surface area contributed by atoms with Gasteiger partial charge in [0, 0.05) is 31.2 Å². The van der Waals surface area contributed by atoms with E-state index in [4.69, 9.17) is 26.3 Å². The summed E-state index contributed by atoms with van der Waals surface area (Å²) in [6, 6.07) is 15.2. The van der Waals surface area contributed by atoms with E-state index in [2.05, 4.69) is 16.8 Å². The number of fused-ring (bicyclic) bond motifs is 1. The minimum absolute atomic E-state index is 0.571. The van der Waals surface area contributed by atoms with Gasteiger partial charge >= 0.3 is 0 Å². The molecule has 1 fully saturated rings. The van der Waals surface area contributed by atoms with Crippen molar-refractivity contribution in [1.82, 2.24) is 14.9 Å². The summed E-state index contributed by atoms with van der Waals surface area (Å²) in [7, 11) is 2.13. The lowest BCUT2D eigenvalue weighted by Gasteiger charge is -2.32. The van der Waals surface area contributed by atoms with Gasteiger partial charge in [0.2, 0.25) is 11.8 Å². The highest BCUT2D eigenvalue weighted by atomic mass is 35.5. The number of likely N-dealkylation sites (N-methyl/N-ethyl adjacent to an activating group) is 1. The number of ether oxygens (including phenoxy) is 1. The molecule has 0 saturated carbocycles. The van der Waals surface area contributed by atoms with Gasteiger partial charge in [-0.3, -0.25) is 0 Å². The first kappa shape index (κ1) is 16.1. The zero-order chi connectivity index (χ0) is 17.2. The average Bonchev–Trinajstić information content (AvgIpc) is 2.64. The molecule has 5 nitrogen and oxygen atoms in total. The third kappa shape index (κ3) is 3.52. The number of hydrogen-bond donors (Lipinski definition) is 0. The van der Waals surface area contributed by atoms with Gasteiger partial charge in [0.25, 0.3) is 0 Å². The number of hydrogen-bond acceptors (Lipinski definition) is 5. The standard InChI is InChI=1S/C19H19ClN4O/c1-23-10-12-24(13-11-23)19-21-17-5-3-2-4-16(17)18(22-19)25-15-8-6-14(20)7-9-15/h2-9H,10-13H2,1H3. The molecule has 3 aromatic rings. The minimum Gasteiger partial charge on any atom is -0.438 e. The highest BCUT2D eigenvalue weighted by molar-refractivity contribution is 6.30. The second-order valence-electron chi connectivity index (χ2n) is 6.19. The van der Waals surface area contributed by atoms with Crippen molar-refractivity contribution < 1.29 is 4.74 Å². The first-order valence-corrected chi connectivity index (χ1v) is 8.70. The summed E-state index contributed by atoms with van der Waals surface area (Å²) in [5, 5.41) is 1.58. The molecule has 2 aromatic carbocycles. The van der Waals surface area contributed by atoms with Crippen LogP contribution in [0.15, 0.2) is 48.5 Å². The first-order chi connectivity index (χ1) is 12.2. The summed E-state index contributed by atoms with van der Waals surface area (Å²) >= 11 is 5.96. The van der Waals surface area contributed by atoms with Crippen molar-refractivity contribution in [1.29, 1.82) is 0 Å². The summed E-state index contributed by atoms with van der Waals surface area (Å²) in [4.78, 5) is 14.0. The Kier molecular flexibility index (Phi) is 4.42. The Bertz CT molecular complexity index is 876. The quantitative estimate of drug-likeness (QED) is 0.715. The largest absolute Gasteiger partial charge is 0.438 e. The molecule has 0 unspecified atom stereocenters. The van der Waals surface area contributed by atoms with Gasteiger partial charge in [0.15, 0.2) is 0 Å². The predicted octanol–water partition coefficient (Wildman–Crippen LogP) is 3.83. The fraction of sp³-hybridized carbons (Fsp3) is 0.263. The van der Waals surface area contributed by atoms with Crippen molar-refractivity contribution in [2.24, 2.45) is 0 Å². The fourth-order valence-corrected chi connectivity index (χ4v) is 3.00. The number of halogens is 1. The summed E-state index contributed by atoms with van der Waals surface area (Å²) < 4.78 is 6.05. The highest BCUT2D eigenvalue weighted by Gasteiger charge is 2.19. The number of aromatic nitrogens is 2. The molecule has 4 rings (SSSR count). The van der Waals surface area contributed by atoms with E-state index >= 15 is 0 Å². The van der Waals surface area contributed by atoms with Crippen LogP contribution in [0.25, 0.3) is 10.9 Å². The van der Waals surface area contributed by atoms with Gasteiger partial charge in [-0.25, -0.2) is 4.98 Å². The van der Waals surface area contributed by atoms with Crippen LogP contribution >= 0.6 is 11.6 Å². The SMILES string of the molecule is CN1CCN(c2nc(Oc3ccc(Cl)cc3)c3ccccc3n2)CC1. The third-order valence-corrected chi connectivity index (χ3v) is 4.62. The van der Waals surface area contributed by atoms with Crippen molar-refractivity contribution >= 4 is 28.5 Å². The number of rotatable bonds is 3. The highest BCUT2D eigenvalue weighted by Crippen LogP contribution is 2.30. The molecule has 1 aromatic heterocycles. The molecule has 1 aliphatic rings. The second-order valence-corrected chi connectivity index (χ2v) is 6.63. The third-order valence-electron chi connectivity index (χ3n) is 4.37. The molecule has 128 valence electrons. The van der Waals surface area contributed by atoms with E-state index in [1.807, 2.05) is 48.5 Å². The second kappa shape index (κ2) is 6.86. The zero-order valence-electron chi connectivity index (χ0n) is 14.0. The van der Waals surface area contributed by atoms with Crippen molar-refractivity contribution in [3.63, 3.8) is 0 Å². The van der Waals surface area contributed by atoms with Crippen molar-refractivity contribution in [2.75, 3.05) is 38.1 Å². The monoisotopic (exact) mass is 354 g/mol. The van der Waals surface area contributed by atoms with Crippen LogP contribution in [0.1, 0.15) is 0 Å². The first-order valence-electron chi connectivity index (χ1n) is 8.33. The molecule has 0 amide bonds. The Morgan fingerprint density at radius 1 is 0.920 bits per heavy atom. The Balaban J connectivity index is 1.72. The maximum atomic E-state index is 6.05. The van der Waals surface area contributed by atoms with E-state index in [1.165, 1.54) is 0 Å². The molecular weight excluding hydrogens is 336 g/mol. The Morgan fingerprint density at radius 2 is 1.64 bits per heavy atom. The molecule has 0 bridgehead atoms. The van der Waals surface area contributed by atoms with E-state index in [1.54, 1.807) is 0 Å². The molecule has 0 radical (unpaired) electrons. The lowest BCUT2D eigenvalue weighted by atomic mass is 10.2. The maximum Gasteiger partial charge on any atom is 0.231 e. The summed E-state index contributed by atoms with van der Waals surface area (Å²) in [6.45, 7) is 3.83. The van der Waals surface area contributed by atoms with E-state index in [9.17, 15) is 0 Å². The Labute approximate surface area is 151 Å². The van der Waals surface area contributed by atoms with Gasteiger partial charge in [-0.1, -0.05) is 23.7 Å². The van der Waals surface area contributed by atoms with E-state index < -0.39 is 0 Å². The number of para-hydroxylation sites is 1. The van der Waals surface area contributed by atoms with Crippen LogP contribution in [0.3, 0.4) is 0 Å². The van der Waals surface area contributed by atoms with E-state index in [0.717, 1.165) is 43.0 Å². The number of piperazine rings is 1. The summed E-state index contributed by atoms with van der Waals surface area (Å²) in [5.41, 5.74) is 0.885. The number of nitrogens with zero attached hydrogens (tertiary/aromatic N) is 4. The average molecular weight is 355 g/mol. The van der Waals surface area contributed by atoms with Gasteiger partial charge in [0.1, 0.15) is 5.75 Å². The lowest BCUT2D eigenvalue weighted by Crippen LogP contribution is -2.45. The fourth-order valence-electron chi connectivity index (χ4n) is 2.88. The van der Waals surface area contributed by atoms with Crippen LogP contribution in [0.5, 0.6) is 11.6 Å². The molecule has 0 aliphatic carbocycles. The number of benzene rings is 2. The molecule has 1 saturated heterocycles. The molecule has 2 heterocycles. The minimum atomic E-state index is 0.571. The molecule has 0 atom stereocenters. The van der Waals surface area contributed by atoms with E-state index in [-0.39, 0.29) is 0 Å². The summed E-state index contributed by atoms with van der Waals surface area (Å²) in [6.07, 6.45) is 0. The van der Waals surface area contributed by atoms with Gasteiger partial charge in [0.05, 0.1) is 10.9 Å². The molecular formula is C19H19ClN4O. The molecule has 0 spiro atoms. The predicted molar refractivity (Wildman–Crippen MR) is 101 cm³/mol. The van der Waals surface area contributed by atoms with Gasteiger partial charge < -0.3 is 14.5 Å². The van der Waals surface area contributed by atoms with E-state index in [0.29, 0.717) is 16.7 Å².